The molecule has 12 rings (SSSR count). The van der Waals surface area contributed by atoms with Crippen LogP contribution in [0.2, 0.25) is 0 Å². The van der Waals surface area contributed by atoms with Gasteiger partial charge in [0, 0.05) is 0 Å². The van der Waals surface area contributed by atoms with Crippen LogP contribution in [-0.4, -0.2) is 0 Å². The third kappa shape index (κ3) is 16.3. The molecule has 0 saturated heterocycles. The molecule has 0 fully saturated rings. The first kappa shape index (κ1) is 74.1. The van der Waals surface area contributed by atoms with E-state index in [2.05, 4.69) is 312 Å². The van der Waals surface area contributed by atoms with Gasteiger partial charge in [0.05, 0.1) is 0 Å². The topological polar surface area (TPSA) is 0 Å². The Hall–Kier alpha value is -4.61. The molecule has 4 aliphatic rings. The number of rotatable bonds is 0. The van der Waals surface area contributed by atoms with Gasteiger partial charge >= 0.3 is 52.4 Å². The quantitative estimate of drug-likeness (QED) is 0.133. The molecule has 0 nitrogen and oxygen atoms in total. The van der Waals surface area contributed by atoms with Gasteiger partial charge in [-0.3, -0.25) is 0 Å². The third-order valence-electron chi connectivity index (χ3n) is 17.9. The average molecular weight is 1330 g/mol. The van der Waals surface area contributed by atoms with Crippen molar-refractivity contribution in [2.75, 3.05) is 0 Å². The van der Waals surface area contributed by atoms with Gasteiger partial charge in [-0.05, 0) is 114 Å². The fraction of sp³-hybridized carbons (Fsp3) is 0.429. The Morgan fingerprint density at radius 2 is 0.375 bits per heavy atom. The van der Waals surface area contributed by atoms with Crippen LogP contribution in [0.1, 0.15) is 255 Å². The molecule has 460 valence electrons. The Balaban J connectivity index is 0.000000211. The fourth-order valence-corrected chi connectivity index (χ4v) is 12.1. The van der Waals surface area contributed by atoms with Gasteiger partial charge in [0.25, 0.3) is 0 Å². The van der Waals surface area contributed by atoms with Crippen molar-refractivity contribution in [2.45, 2.75) is 235 Å². The predicted molar refractivity (Wildman–Crippen MR) is 364 cm³/mol. The van der Waals surface area contributed by atoms with Gasteiger partial charge in [-0.15, -0.1) is 44.5 Å². The maximum Gasteiger partial charge on any atom is 2.00 e. The summed E-state index contributed by atoms with van der Waals surface area (Å²) < 4.78 is 0. The maximum absolute atomic E-state index is 3.67. The number of halogens is 2. The van der Waals surface area contributed by atoms with E-state index >= 15 is 0 Å². The zero-order chi connectivity index (χ0) is 61.7. The van der Waals surface area contributed by atoms with E-state index in [4.69, 9.17) is 0 Å². The van der Waals surface area contributed by atoms with Crippen molar-refractivity contribution in [3.8, 4) is 44.5 Å². The van der Waals surface area contributed by atoms with Crippen LogP contribution in [0.5, 0.6) is 0 Å². The molecule has 4 heteroatoms. The van der Waals surface area contributed by atoms with Crippen LogP contribution < -0.4 is 9.41 Å². The summed E-state index contributed by atoms with van der Waals surface area (Å²) in [6, 6.07) is 60.7. The third-order valence-corrected chi connectivity index (χ3v) is 17.9. The molecule has 4 aliphatic carbocycles. The Morgan fingerprint density at radius 1 is 0.216 bits per heavy atom. The first-order valence-corrected chi connectivity index (χ1v) is 31.4. The van der Waals surface area contributed by atoms with Crippen LogP contribution in [0.3, 0.4) is 0 Å². The second-order valence-electron chi connectivity index (χ2n) is 33.3. The molecule has 0 bridgehead atoms. The summed E-state index contributed by atoms with van der Waals surface area (Å²) in [6.07, 6.45) is 4.11. The van der Waals surface area contributed by atoms with Gasteiger partial charge in [-0.2, -0.15) is 95.1 Å². The standard InChI is InChI=1S/4C21H25.2FH.2Zr/c4*1-20(2,3)16-7-9-18-14(12-16)11-15-13-17(21(4,5)6)8-10-19(15)18;;;;/h4*7-10,12H,11H2,1-6H3;2*1H;;/q4*-1;;;2*+2/p-2. The zero-order valence-electron chi connectivity index (χ0n) is 58.1. The Bertz CT molecular complexity index is 3050. The van der Waals surface area contributed by atoms with Gasteiger partial charge in [0.2, 0.25) is 0 Å². The van der Waals surface area contributed by atoms with Gasteiger partial charge in [0.15, 0.2) is 0 Å². The van der Waals surface area contributed by atoms with E-state index < -0.39 is 0 Å². The fourth-order valence-electron chi connectivity index (χ4n) is 12.1. The molecule has 88 heavy (non-hydrogen) atoms. The van der Waals surface area contributed by atoms with Crippen LogP contribution in [0.25, 0.3) is 44.5 Å². The minimum atomic E-state index is 0. The summed E-state index contributed by atoms with van der Waals surface area (Å²) in [7, 11) is 0. The van der Waals surface area contributed by atoms with Crippen LogP contribution in [0.4, 0.5) is 0 Å². The molecule has 0 radical (unpaired) electrons. The van der Waals surface area contributed by atoms with Crippen molar-refractivity contribution in [1.29, 1.82) is 0 Å². The predicted octanol–water partition coefficient (Wildman–Crippen LogP) is 16.6. The monoisotopic (exact) mass is 1330 g/mol. The van der Waals surface area contributed by atoms with Crippen molar-refractivity contribution in [3.05, 3.63) is 235 Å². The van der Waals surface area contributed by atoms with Crippen molar-refractivity contribution in [3.63, 3.8) is 0 Å². The van der Waals surface area contributed by atoms with Crippen LogP contribution in [0, 0.1) is 24.3 Å². The van der Waals surface area contributed by atoms with E-state index in [0.717, 1.165) is 25.7 Å². The molecule has 0 N–H and O–H groups in total. The van der Waals surface area contributed by atoms with E-state index in [1.807, 2.05) is 0 Å². The molecule has 0 saturated carbocycles. The molecule has 0 amide bonds. The molecule has 0 aromatic heterocycles. The summed E-state index contributed by atoms with van der Waals surface area (Å²) in [5, 5.41) is 0. The van der Waals surface area contributed by atoms with Gasteiger partial charge in [-0.25, -0.2) is 0 Å². The molecule has 0 heterocycles. The number of benzene rings is 8. The molecular formula is C84H100F2Zr2-2. The van der Waals surface area contributed by atoms with E-state index in [9.17, 15) is 0 Å². The second kappa shape index (κ2) is 26.5. The minimum Gasteiger partial charge on any atom is -1.00 e. The van der Waals surface area contributed by atoms with E-state index in [1.54, 1.807) is 0 Å². The molecule has 8 aromatic rings. The van der Waals surface area contributed by atoms with Crippen LogP contribution in [-0.2, 0) is 121 Å². The van der Waals surface area contributed by atoms with Gasteiger partial charge in [0.1, 0.15) is 0 Å². The van der Waals surface area contributed by atoms with E-state index in [-0.39, 0.29) is 105 Å². The van der Waals surface area contributed by atoms with Gasteiger partial charge in [-0.1, -0.05) is 261 Å². The van der Waals surface area contributed by atoms with Gasteiger partial charge < -0.3 is 9.41 Å². The Kier molecular flexibility index (Phi) is 22.4. The van der Waals surface area contributed by atoms with E-state index in [1.165, 1.54) is 134 Å². The summed E-state index contributed by atoms with van der Waals surface area (Å²) in [6.45, 7) is 54.4. The largest absolute Gasteiger partial charge is 2.00 e. The molecule has 0 spiro atoms. The molecule has 0 atom stereocenters. The normalized spacial score (nSPS) is 13.4. The second-order valence-corrected chi connectivity index (χ2v) is 33.3. The summed E-state index contributed by atoms with van der Waals surface area (Å²) in [5.41, 5.74) is 34.8. The van der Waals surface area contributed by atoms with E-state index in [0.29, 0.717) is 0 Å². The Labute approximate surface area is 571 Å². The summed E-state index contributed by atoms with van der Waals surface area (Å²) >= 11 is 0. The summed E-state index contributed by atoms with van der Waals surface area (Å²) in [4.78, 5) is 0. The van der Waals surface area contributed by atoms with Crippen LogP contribution >= 0.6 is 0 Å². The number of hydrogen-bond acceptors (Lipinski definition) is 0. The molecule has 0 aliphatic heterocycles. The minimum absolute atomic E-state index is 0. The van der Waals surface area contributed by atoms with Crippen molar-refractivity contribution in [2.24, 2.45) is 0 Å². The van der Waals surface area contributed by atoms with Crippen molar-refractivity contribution in [1.82, 2.24) is 0 Å². The first-order chi connectivity index (χ1) is 38.6. The molecule has 0 unspecified atom stereocenters. The molecular weight excluding hydrogens is 1230 g/mol. The smallest absolute Gasteiger partial charge is 1.00 e. The number of hydrogen-bond donors (Lipinski definition) is 0. The number of fused-ring (bicyclic) bond motifs is 12. The van der Waals surface area contributed by atoms with Crippen LogP contribution in [0.15, 0.2) is 121 Å². The maximum atomic E-state index is 3.67. The average Bonchev–Trinajstić information content (AvgIpc) is 1.86. The zero-order valence-corrected chi connectivity index (χ0v) is 63.0. The Morgan fingerprint density at radius 3 is 0.523 bits per heavy atom. The SMILES string of the molecule is CC(C)(C)c1[c-]c2c(cc1)-c1ccc(C(C)(C)C)cc1C2.CC(C)(C)c1[c-]c2c(cc1)-c1ccc(C(C)(C)C)cc1C2.CC(C)(C)c1[c-]c2c(cc1)-c1ccc(C(C)(C)C)cc1C2.CC(C)(C)c1[c-]c2c(cc1)-c1ccc(C(C)(C)C)cc1C2.[F-].[F-].[Zr+2].[Zr+2]. The van der Waals surface area contributed by atoms with Crippen molar-refractivity contribution >= 4 is 0 Å². The summed E-state index contributed by atoms with van der Waals surface area (Å²) in [5.74, 6) is 0. The van der Waals surface area contributed by atoms with Crippen molar-refractivity contribution < 1.29 is 61.8 Å². The first-order valence-electron chi connectivity index (χ1n) is 31.4. The molecule has 8 aromatic carbocycles.